The van der Waals surface area contributed by atoms with Crippen LogP contribution in [0.25, 0.3) is 11.4 Å². The molecule has 2 rings (SSSR count). The van der Waals surface area contributed by atoms with E-state index in [0.717, 1.165) is 5.56 Å². The van der Waals surface area contributed by atoms with Gasteiger partial charge in [-0.3, -0.25) is 9.59 Å². The average Bonchev–Trinajstić information content (AvgIpc) is 2.91. The molecule has 8 nitrogen and oxygen atoms in total. The Morgan fingerprint density at radius 3 is 2.76 bits per heavy atom. The molecule has 0 aliphatic carbocycles. The van der Waals surface area contributed by atoms with Crippen LogP contribution in [0.15, 0.2) is 24.3 Å². The van der Waals surface area contributed by atoms with Crippen molar-refractivity contribution in [3.8, 4) is 11.4 Å². The molecular formula is C13H16N6O2. The van der Waals surface area contributed by atoms with E-state index in [0.29, 0.717) is 17.9 Å². The van der Waals surface area contributed by atoms with Gasteiger partial charge >= 0.3 is 0 Å². The summed E-state index contributed by atoms with van der Waals surface area (Å²) in [6.07, 6.45) is 0. The van der Waals surface area contributed by atoms with Gasteiger partial charge in [-0.1, -0.05) is 12.1 Å². The molecule has 1 heterocycles. The van der Waals surface area contributed by atoms with Gasteiger partial charge in [-0.2, -0.15) is 0 Å². The highest BCUT2D eigenvalue weighted by Crippen LogP contribution is 2.16. The van der Waals surface area contributed by atoms with Gasteiger partial charge in [0.2, 0.25) is 5.91 Å². The molecule has 0 bridgehead atoms. The molecule has 0 atom stereocenters. The van der Waals surface area contributed by atoms with E-state index in [-0.39, 0.29) is 18.4 Å². The van der Waals surface area contributed by atoms with Crippen molar-refractivity contribution in [2.24, 2.45) is 7.05 Å². The van der Waals surface area contributed by atoms with Gasteiger partial charge in [-0.25, -0.2) is 4.68 Å². The number of carbonyl (C=O) groups excluding carboxylic acids is 2. The van der Waals surface area contributed by atoms with Crippen LogP contribution in [0.3, 0.4) is 0 Å². The molecular weight excluding hydrogens is 272 g/mol. The van der Waals surface area contributed by atoms with Gasteiger partial charge in [0, 0.05) is 24.7 Å². The van der Waals surface area contributed by atoms with Crippen LogP contribution in [-0.2, 0) is 11.8 Å². The fraction of sp³-hybridized carbons (Fsp3) is 0.308. The monoisotopic (exact) mass is 288 g/mol. The second-order valence-corrected chi connectivity index (χ2v) is 4.34. The van der Waals surface area contributed by atoms with Crippen molar-refractivity contribution in [3.63, 3.8) is 0 Å². The van der Waals surface area contributed by atoms with Gasteiger partial charge < -0.3 is 10.6 Å². The molecule has 8 heteroatoms. The van der Waals surface area contributed by atoms with Crippen LogP contribution in [-0.4, -0.2) is 45.1 Å². The summed E-state index contributed by atoms with van der Waals surface area (Å²) in [4.78, 5) is 23.3. The number of tetrazole rings is 1. The van der Waals surface area contributed by atoms with Crippen LogP contribution < -0.4 is 10.6 Å². The molecule has 2 N–H and O–H groups in total. The fourth-order valence-electron chi connectivity index (χ4n) is 1.80. The number of aromatic nitrogens is 4. The molecule has 0 fully saturated rings. The summed E-state index contributed by atoms with van der Waals surface area (Å²) in [6, 6.07) is 6.90. The molecule has 0 saturated heterocycles. The number of rotatable bonds is 5. The van der Waals surface area contributed by atoms with Gasteiger partial charge in [-0.05, 0) is 29.5 Å². The predicted octanol–water partition coefficient (Wildman–Crippen LogP) is -0.257. The van der Waals surface area contributed by atoms with E-state index in [1.54, 1.807) is 25.2 Å². The van der Waals surface area contributed by atoms with Crippen molar-refractivity contribution in [1.82, 2.24) is 30.8 Å². The Morgan fingerprint density at radius 2 is 2.10 bits per heavy atom. The maximum atomic E-state index is 12.0. The number of carbonyl (C=O) groups is 2. The molecule has 0 aliphatic rings. The third-order valence-corrected chi connectivity index (χ3v) is 2.79. The first kappa shape index (κ1) is 14.6. The first-order valence-corrected chi connectivity index (χ1v) is 6.49. The molecule has 1 aromatic heterocycles. The number of hydrogen-bond donors (Lipinski definition) is 2. The van der Waals surface area contributed by atoms with E-state index in [1.807, 2.05) is 13.0 Å². The number of nitrogens with zero attached hydrogens (tertiary/aromatic N) is 4. The van der Waals surface area contributed by atoms with Crippen molar-refractivity contribution >= 4 is 11.8 Å². The fourth-order valence-corrected chi connectivity index (χ4v) is 1.80. The quantitative estimate of drug-likeness (QED) is 0.789. The smallest absolute Gasteiger partial charge is 0.251 e. The highest BCUT2D eigenvalue weighted by Gasteiger charge is 2.11. The van der Waals surface area contributed by atoms with E-state index in [4.69, 9.17) is 0 Å². The van der Waals surface area contributed by atoms with Crippen molar-refractivity contribution in [2.45, 2.75) is 6.92 Å². The third-order valence-electron chi connectivity index (χ3n) is 2.79. The van der Waals surface area contributed by atoms with Crippen LogP contribution in [0, 0.1) is 0 Å². The third kappa shape index (κ3) is 3.62. The van der Waals surface area contributed by atoms with Crippen molar-refractivity contribution in [1.29, 1.82) is 0 Å². The first-order chi connectivity index (χ1) is 10.1. The summed E-state index contributed by atoms with van der Waals surface area (Å²) >= 11 is 0. The second kappa shape index (κ2) is 6.60. The number of nitrogens with one attached hydrogen (secondary N) is 2. The zero-order valence-corrected chi connectivity index (χ0v) is 11.8. The lowest BCUT2D eigenvalue weighted by Crippen LogP contribution is -2.36. The minimum Gasteiger partial charge on any atom is -0.355 e. The van der Waals surface area contributed by atoms with Crippen molar-refractivity contribution in [2.75, 3.05) is 13.1 Å². The lowest BCUT2D eigenvalue weighted by Gasteiger charge is -2.06. The molecule has 0 radical (unpaired) electrons. The van der Waals surface area contributed by atoms with E-state index in [2.05, 4.69) is 26.2 Å². The van der Waals surface area contributed by atoms with E-state index in [9.17, 15) is 9.59 Å². The second-order valence-electron chi connectivity index (χ2n) is 4.34. The SMILES string of the molecule is CCNC(=O)CNC(=O)c1cccc(-c2nnnn2C)c1. The van der Waals surface area contributed by atoms with Crippen LogP contribution in [0.2, 0.25) is 0 Å². The summed E-state index contributed by atoms with van der Waals surface area (Å²) in [5.74, 6) is 0.0195. The molecule has 21 heavy (non-hydrogen) atoms. The molecule has 0 spiro atoms. The van der Waals surface area contributed by atoms with Gasteiger partial charge in [0.25, 0.3) is 5.91 Å². The standard InChI is InChI=1S/C13H16N6O2/c1-3-14-11(20)8-15-13(21)10-6-4-5-9(7-10)12-16-17-18-19(12)2/h4-7H,3,8H2,1-2H3,(H,14,20)(H,15,21). The van der Waals surface area contributed by atoms with Gasteiger partial charge in [0.15, 0.2) is 5.82 Å². The Bertz CT molecular complexity index is 652. The van der Waals surface area contributed by atoms with Crippen LogP contribution in [0.4, 0.5) is 0 Å². The number of amides is 2. The number of benzene rings is 1. The number of aryl methyl sites for hydroxylation is 1. The Balaban J connectivity index is 2.09. The molecule has 0 saturated carbocycles. The van der Waals surface area contributed by atoms with Gasteiger partial charge in [-0.15, -0.1) is 5.10 Å². The zero-order chi connectivity index (χ0) is 15.2. The lowest BCUT2D eigenvalue weighted by atomic mass is 10.1. The maximum Gasteiger partial charge on any atom is 0.251 e. The summed E-state index contributed by atoms with van der Waals surface area (Å²) < 4.78 is 1.52. The Kier molecular flexibility index (Phi) is 4.60. The lowest BCUT2D eigenvalue weighted by molar-refractivity contribution is -0.120. The van der Waals surface area contributed by atoms with Crippen molar-refractivity contribution in [3.05, 3.63) is 29.8 Å². The summed E-state index contributed by atoms with van der Waals surface area (Å²) in [6.45, 7) is 2.30. The predicted molar refractivity (Wildman–Crippen MR) is 75.3 cm³/mol. The summed E-state index contributed by atoms with van der Waals surface area (Å²) in [7, 11) is 1.72. The Morgan fingerprint density at radius 1 is 1.29 bits per heavy atom. The molecule has 1 aromatic carbocycles. The largest absolute Gasteiger partial charge is 0.355 e. The average molecular weight is 288 g/mol. The Labute approximate surface area is 121 Å². The molecule has 2 aromatic rings. The maximum absolute atomic E-state index is 12.0. The van der Waals surface area contributed by atoms with Crippen LogP contribution in [0.1, 0.15) is 17.3 Å². The molecule has 110 valence electrons. The first-order valence-electron chi connectivity index (χ1n) is 6.49. The summed E-state index contributed by atoms with van der Waals surface area (Å²) in [5.41, 5.74) is 1.17. The minimum absolute atomic E-state index is 0.0532. The normalized spacial score (nSPS) is 10.2. The van der Waals surface area contributed by atoms with Gasteiger partial charge in [0.05, 0.1) is 6.54 Å². The molecule has 0 aliphatic heterocycles. The topological polar surface area (TPSA) is 102 Å². The van der Waals surface area contributed by atoms with E-state index < -0.39 is 0 Å². The van der Waals surface area contributed by atoms with Crippen LogP contribution in [0.5, 0.6) is 0 Å². The zero-order valence-electron chi connectivity index (χ0n) is 11.8. The van der Waals surface area contributed by atoms with E-state index in [1.165, 1.54) is 4.68 Å². The van der Waals surface area contributed by atoms with Gasteiger partial charge in [0.1, 0.15) is 0 Å². The highest BCUT2D eigenvalue weighted by molar-refractivity contribution is 5.97. The van der Waals surface area contributed by atoms with Crippen molar-refractivity contribution < 1.29 is 9.59 Å². The van der Waals surface area contributed by atoms with E-state index >= 15 is 0 Å². The van der Waals surface area contributed by atoms with Crippen LogP contribution >= 0.6 is 0 Å². The Hall–Kier alpha value is -2.77. The minimum atomic E-state index is -0.321. The molecule has 2 amide bonds. The highest BCUT2D eigenvalue weighted by atomic mass is 16.2. The summed E-state index contributed by atoms with van der Waals surface area (Å²) in [5, 5.41) is 16.4. The molecule has 0 unspecified atom stereocenters. The number of hydrogen-bond acceptors (Lipinski definition) is 5. The number of likely N-dealkylation sites (N-methyl/N-ethyl adjacent to an activating group) is 1.